The number of nitrogens with two attached hydrogens (primary N) is 1. The van der Waals surface area contributed by atoms with E-state index >= 15 is 0 Å². The van der Waals surface area contributed by atoms with Crippen molar-refractivity contribution in [3.8, 4) is 12.0 Å². The summed E-state index contributed by atoms with van der Waals surface area (Å²) in [5.41, 5.74) is 7.03. The highest BCUT2D eigenvalue weighted by Crippen LogP contribution is 2.33. The van der Waals surface area contributed by atoms with Gasteiger partial charge in [-0.25, -0.2) is 0 Å². The van der Waals surface area contributed by atoms with Gasteiger partial charge < -0.3 is 19.9 Å². The summed E-state index contributed by atoms with van der Waals surface area (Å²) in [4.78, 5) is 12.9. The van der Waals surface area contributed by atoms with Crippen LogP contribution in [0, 0.1) is 0 Å². The molecule has 0 radical (unpaired) electrons. The number of hydrogen-bond acceptors (Lipinski definition) is 7. The van der Waals surface area contributed by atoms with Crippen molar-refractivity contribution in [3.63, 3.8) is 0 Å². The number of ether oxygens (including phenoxy) is 3. The summed E-state index contributed by atoms with van der Waals surface area (Å²) in [5.74, 6) is 0.274. The van der Waals surface area contributed by atoms with E-state index in [1.807, 2.05) is 11.5 Å². The molecule has 0 aromatic carbocycles. The Labute approximate surface area is 122 Å². The first-order valence-corrected chi connectivity index (χ1v) is 7.08. The molecule has 8 heteroatoms. The molecule has 0 aliphatic carbocycles. The first-order valence-electron chi connectivity index (χ1n) is 7.08. The Morgan fingerprint density at radius 3 is 2.86 bits per heavy atom. The van der Waals surface area contributed by atoms with Gasteiger partial charge in [-0.1, -0.05) is 0 Å². The molecule has 3 heterocycles. The van der Waals surface area contributed by atoms with E-state index < -0.39 is 0 Å². The fraction of sp³-hybridized carbons (Fsp3) is 0.615. The summed E-state index contributed by atoms with van der Waals surface area (Å²) in [6, 6.07) is 0.661. The van der Waals surface area contributed by atoms with Gasteiger partial charge in [-0.2, -0.15) is 15.0 Å². The molecule has 1 fully saturated rings. The number of anilines is 1. The molecule has 1 unspecified atom stereocenters. The van der Waals surface area contributed by atoms with Crippen molar-refractivity contribution in [1.82, 2.24) is 19.5 Å². The molecule has 2 N–H and O–H groups in total. The lowest BCUT2D eigenvalue weighted by molar-refractivity contribution is -0.0334. The monoisotopic (exact) mass is 293 g/mol. The van der Waals surface area contributed by atoms with E-state index in [4.69, 9.17) is 19.9 Å². The van der Waals surface area contributed by atoms with Crippen LogP contribution in [-0.2, 0) is 4.74 Å². The van der Waals surface area contributed by atoms with Crippen molar-refractivity contribution in [2.75, 3.05) is 26.1 Å². The van der Waals surface area contributed by atoms with Gasteiger partial charge in [0.15, 0.2) is 17.0 Å². The van der Waals surface area contributed by atoms with Crippen LogP contribution in [0.4, 0.5) is 5.82 Å². The van der Waals surface area contributed by atoms with E-state index in [-0.39, 0.29) is 18.1 Å². The summed E-state index contributed by atoms with van der Waals surface area (Å²) < 4.78 is 18.3. The highest BCUT2D eigenvalue weighted by molar-refractivity contribution is 5.83. The van der Waals surface area contributed by atoms with Gasteiger partial charge in [0, 0.05) is 6.61 Å². The van der Waals surface area contributed by atoms with E-state index in [9.17, 15) is 0 Å². The zero-order valence-corrected chi connectivity index (χ0v) is 12.2. The van der Waals surface area contributed by atoms with Crippen LogP contribution in [0.15, 0.2) is 0 Å². The molecular formula is C13H19N5O3. The molecular weight excluding hydrogens is 274 g/mol. The Morgan fingerprint density at radius 2 is 2.19 bits per heavy atom. The molecule has 8 nitrogen and oxygen atoms in total. The minimum Gasteiger partial charge on any atom is -0.468 e. The number of hydrogen-bond donors (Lipinski definition) is 1. The van der Waals surface area contributed by atoms with Crippen molar-refractivity contribution in [3.05, 3.63) is 0 Å². The van der Waals surface area contributed by atoms with E-state index in [1.54, 1.807) is 7.11 Å². The summed E-state index contributed by atoms with van der Waals surface area (Å²) in [6.07, 6.45) is 2.89. The topological polar surface area (TPSA) is 97.3 Å². The lowest BCUT2D eigenvalue weighted by Gasteiger charge is -2.24. The van der Waals surface area contributed by atoms with Gasteiger partial charge in [-0.3, -0.25) is 4.57 Å². The predicted octanol–water partition coefficient (Wildman–Crippen LogP) is 1.51. The van der Waals surface area contributed by atoms with Crippen LogP contribution in [0.2, 0.25) is 0 Å². The second-order valence-electron chi connectivity index (χ2n) is 4.79. The number of rotatable bonds is 4. The maximum absolute atomic E-state index is 5.95. The Balaban J connectivity index is 2.14. The SMILES string of the molecule is CCOc1nc(N)c2nc(OC)n(C3CCCCO3)c2n1. The Bertz CT molecular complexity index is 636. The van der Waals surface area contributed by atoms with Crippen LogP contribution in [0.25, 0.3) is 11.2 Å². The molecule has 21 heavy (non-hydrogen) atoms. The van der Waals surface area contributed by atoms with Crippen LogP contribution in [0.1, 0.15) is 32.4 Å². The molecule has 1 aliphatic heterocycles. The van der Waals surface area contributed by atoms with E-state index in [0.29, 0.717) is 30.4 Å². The third-order valence-corrected chi connectivity index (χ3v) is 3.41. The number of nitrogen functional groups attached to an aromatic ring is 1. The highest BCUT2D eigenvalue weighted by atomic mass is 16.5. The van der Waals surface area contributed by atoms with Crippen LogP contribution >= 0.6 is 0 Å². The smallest absolute Gasteiger partial charge is 0.320 e. The van der Waals surface area contributed by atoms with Crippen molar-refractivity contribution in [2.24, 2.45) is 0 Å². The highest BCUT2D eigenvalue weighted by Gasteiger charge is 2.25. The zero-order valence-electron chi connectivity index (χ0n) is 12.2. The third kappa shape index (κ3) is 2.46. The minimum atomic E-state index is -0.150. The fourth-order valence-corrected chi connectivity index (χ4v) is 2.48. The quantitative estimate of drug-likeness (QED) is 0.912. The average Bonchev–Trinajstić information content (AvgIpc) is 2.87. The molecule has 1 atom stereocenters. The van der Waals surface area contributed by atoms with Gasteiger partial charge in [0.05, 0.1) is 13.7 Å². The van der Waals surface area contributed by atoms with Crippen LogP contribution in [0.3, 0.4) is 0 Å². The number of methoxy groups -OCH3 is 1. The van der Waals surface area contributed by atoms with Crippen LogP contribution < -0.4 is 15.2 Å². The minimum absolute atomic E-state index is 0.150. The largest absolute Gasteiger partial charge is 0.468 e. The molecule has 2 aromatic heterocycles. The first kappa shape index (κ1) is 13.9. The van der Waals surface area contributed by atoms with Gasteiger partial charge in [0.2, 0.25) is 0 Å². The predicted molar refractivity (Wildman–Crippen MR) is 76.3 cm³/mol. The number of imidazole rings is 1. The standard InChI is InChI=1S/C13H19N5O3/c1-3-20-12-16-10(14)9-11(17-12)18(13(15-9)19-2)8-6-4-5-7-21-8/h8H,3-7H2,1-2H3,(H2,14,16,17). The third-order valence-electron chi connectivity index (χ3n) is 3.41. The van der Waals surface area contributed by atoms with Crippen molar-refractivity contribution in [1.29, 1.82) is 0 Å². The van der Waals surface area contributed by atoms with Gasteiger partial charge in [0.25, 0.3) is 0 Å². The molecule has 0 spiro atoms. The average molecular weight is 293 g/mol. The molecule has 1 saturated heterocycles. The van der Waals surface area contributed by atoms with E-state index in [1.165, 1.54) is 0 Å². The first-order chi connectivity index (χ1) is 10.2. The van der Waals surface area contributed by atoms with E-state index in [0.717, 1.165) is 19.3 Å². The molecule has 1 aliphatic rings. The molecule has 0 saturated carbocycles. The molecule has 2 aromatic rings. The van der Waals surface area contributed by atoms with Crippen molar-refractivity contribution >= 4 is 17.0 Å². The number of nitrogens with zero attached hydrogens (tertiary/aromatic N) is 4. The fourth-order valence-electron chi connectivity index (χ4n) is 2.48. The molecule has 114 valence electrons. The van der Waals surface area contributed by atoms with Gasteiger partial charge >= 0.3 is 12.0 Å². The summed E-state index contributed by atoms with van der Waals surface area (Å²) in [6.45, 7) is 3.05. The molecule has 0 amide bonds. The Hall–Kier alpha value is -2.09. The maximum atomic E-state index is 5.95. The lowest BCUT2D eigenvalue weighted by atomic mass is 10.2. The number of aromatic nitrogens is 4. The van der Waals surface area contributed by atoms with Crippen LogP contribution in [-0.4, -0.2) is 39.8 Å². The van der Waals surface area contributed by atoms with Gasteiger partial charge in [-0.15, -0.1) is 0 Å². The maximum Gasteiger partial charge on any atom is 0.320 e. The Morgan fingerprint density at radius 1 is 1.33 bits per heavy atom. The lowest BCUT2D eigenvalue weighted by Crippen LogP contribution is -2.19. The van der Waals surface area contributed by atoms with Gasteiger partial charge in [0.1, 0.15) is 6.23 Å². The summed E-state index contributed by atoms with van der Waals surface area (Å²) in [5, 5.41) is 0. The zero-order chi connectivity index (χ0) is 14.8. The summed E-state index contributed by atoms with van der Waals surface area (Å²) >= 11 is 0. The molecule has 3 rings (SSSR count). The van der Waals surface area contributed by atoms with Crippen LogP contribution in [0.5, 0.6) is 12.0 Å². The van der Waals surface area contributed by atoms with E-state index in [2.05, 4.69) is 15.0 Å². The number of fused-ring (bicyclic) bond motifs is 1. The Kier molecular flexibility index (Phi) is 3.78. The van der Waals surface area contributed by atoms with Crippen molar-refractivity contribution < 1.29 is 14.2 Å². The summed E-state index contributed by atoms with van der Waals surface area (Å²) in [7, 11) is 1.56. The normalized spacial score (nSPS) is 18.9. The molecule has 0 bridgehead atoms. The van der Waals surface area contributed by atoms with Crippen molar-refractivity contribution in [2.45, 2.75) is 32.4 Å². The second-order valence-corrected chi connectivity index (χ2v) is 4.79. The van der Waals surface area contributed by atoms with Gasteiger partial charge in [-0.05, 0) is 26.2 Å². The second kappa shape index (κ2) is 5.72.